The average Bonchev–Trinajstić information content (AvgIpc) is 2.21. The van der Waals surface area contributed by atoms with Crippen LogP contribution < -0.4 is 5.73 Å². The predicted molar refractivity (Wildman–Crippen MR) is 61.8 cm³/mol. The van der Waals surface area contributed by atoms with Gasteiger partial charge < -0.3 is 15.6 Å². The molecular weight excluding hydrogens is 206 g/mol. The lowest BCUT2D eigenvalue weighted by molar-refractivity contribution is -0.143. The van der Waals surface area contributed by atoms with Crippen LogP contribution >= 0.6 is 0 Å². The third kappa shape index (κ3) is 4.31. The summed E-state index contributed by atoms with van der Waals surface area (Å²) in [6.45, 7) is 1.90. The Balaban J connectivity index is 2.37. The van der Waals surface area contributed by atoms with Crippen molar-refractivity contribution in [2.24, 2.45) is 0 Å². The molecule has 4 heteroatoms. The number of anilines is 1. The lowest BCUT2D eigenvalue weighted by atomic mass is 10.1. The number of hydrogen-bond acceptors (Lipinski definition) is 4. The Bertz CT molecular complexity index is 350. The summed E-state index contributed by atoms with van der Waals surface area (Å²) in [6, 6.07) is 7.19. The van der Waals surface area contributed by atoms with E-state index in [4.69, 9.17) is 15.6 Å². The van der Waals surface area contributed by atoms with Crippen molar-refractivity contribution in [1.29, 1.82) is 0 Å². The van der Waals surface area contributed by atoms with Crippen LogP contribution in [0, 0.1) is 0 Å². The summed E-state index contributed by atoms with van der Waals surface area (Å²) < 4.78 is 4.96. The van der Waals surface area contributed by atoms with Gasteiger partial charge in [-0.15, -0.1) is 0 Å². The quantitative estimate of drug-likeness (QED) is 0.579. The third-order valence-electron chi connectivity index (χ3n) is 2.19. The standard InChI is InChI=1S/C12H17NO3/c1-9(14)6-7-16-12(15)8-10-4-2-3-5-11(10)13/h2-5,9,14H,6-8,13H2,1H3. The minimum Gasteiger partial charge on any atom is -0.465 e. The third-order valence-corrected chi connectivity index (χ3v) is 2.19. The number of carbonyl (C=O) groups excluding carboxylic acids is 1. The number of aliphatic hydroxyl groups is 1. The molecule has 1 aromatic rings. The van der Waals surface area contributed by atoms with E-state index in [1.807, 2.05) is 12.1 Å². The van der Waals surface area contributed by atoms with E-state index in [2.05, 4.69) is 0 Å². The molecule has 0 saturated heterocycles. The van der Waals surface area contributed by atoms with Crippen LogP contribution in [0.4, 0.5) is 5.69 Å². The minimum absolute atomic E-state index is 0.173. The Morgan fingerprint density at radius 2 is 2.19 bits per heavy atom. The minimum atomic E-state index is -0.449. The summed E-state index contributed by atoms with van der Waals surface area (Å²) in [6.07, 6.45) is 0.178. The van der Waals surface area contributed by atoms with Crippen molar-refractivity contribution in [3.63, 3.8) is 0 Å². The zero-order valence-corrected chi connectivity index (χ0v) is 9.35. The first kappa shape index (κ1) is 12.5. The SMILES string of the molecule is CC(O)CCOC(=O)Cc1ccccc1N. The van der Waals surface area contributed by atoms with Crippen LogP contribution in [0.25, 0.3) is 0 Å². The number of ether oxygens (including phenoxy) is 1. The maximum absolute atomic E-state index is 11.4. The predicted octanol–water partition coefficient (Wildman–Crippen LogP) is 1.13. The second kappa shape index (κ2) is 6.12. The number of benzene rings is 1. The first-order chi connectivity index (χ1) is 7.59. The number of hydrogen-bond donors (Lipinski definition) is 2. The summed E-state index contributed by atoms with van der Waals surface area (Å²) in [7, 11) is 0. The molecule has 1 aromatic carbocycles. The molecule has 0 radical (unpaired) electrons. The summed E-state index contributed by atoms with van der Waals surface area (Å²) in [4.78, 5) is 11.4. The molecule has 0 aromatic heterocycles. The van der Waals surface area contributed by atoms with Crippen LogP contribution in [0.3, 0.4) is 0 Å². The fourth-order valence-electron chi connectivity index (χ4n) is 1.25. The van der Waals surface area contributed by atoms with Gasteiger partial charge in [0, 0.05) is 12.1 Å². The van der Waals surface area contributed by atoms with E-state index >= 15 is 0 Å². The first-order valence-corrected chi connectivity index (χ1v) is 5.26. The molecule has 0 fully saturated rings. The molecule has 0 heterocycles. The van der Waals surface area contributed by atoms with E-state index in [0.717, 1.165) is 5.56 Å². The van der Waals surface area contributed by atoms with Gasteiger partial charge in [0.05, 0.1) is 19.1 Å². The number of nitrogens with two attached hydrogens (primary N) is 1. The molecule has 0 bridgehead atoms. The Hall–Kier alpha value is -1.55. The Labute approximate surface area is 95.0 Å². The Morgan fingerprint density at radius 3 is 2.81 bits per heavy atom. The highest BCUT2D eigenvalue weighted by atomic mass is 16.5. The molecule has 0 aliphatic carbocycles. The summed E-state index contributed by atoms with van der Waals surface area (Å²) in [5.74, 6) is -0.321. The van der Waals surface area contributed by atoms with E-state index < -0.39 is 6.10 Å². The fraction of sp³-hybridized carbons (Fsp3) is 0.417. The van der Waals surface area contributed by atoms with Gasteiger partial charge in [-0.3, -0.25) is 4.79 Å². The first-order valence-electron chi connectivity index (χ1n) is 5.26. The van der Waals surface area contributed by atoms with Gasteiger partial charge in [-0.25, -0.2) is 0 Å². The maximum atomic E-state index is 11.4. The molecule has 0 saturated carbocycles. The van der Waals surface area contributed by atoms with Crippen molar-refractivity contribution in [3.05, 3.63) is 29.8 Å². The summed E-state index contributed by atoms with van der Waals surface area (Å²) in [5.41, 5.74) is 7.06. The number of para-hydroxylation sites is 1. The maximum Gasteiger partial charge on any atom is 0.310 e. The van der Waals surface area contributed by atoms with Crippen molar-refractivity contribution >= 4 is 11.7 Å². The summed E-state index contributed by atoms with van der Waals surface area (Å²) in [5, 5.41) is 8.99. The molecule has 4 nitrogen and oxygen atoms in total. The van der Waals surface area contributed by atoms with Crippen molar-refractivity contribution in [1.82, 2.24) is 0 Å². The molecular formula is C12H17NO3. The normalized spacial score (nSPS) is 12.1. The second-order valence-corrected chi connectivity index (χ2v) is 3.73. The zero-order valence-electron chi connectivity index (χ0n) is 9.35. The highest BCUT2D eigenvalue weighted by molar-refractivity contribution is 5.74. The van der Waals surface area contributed by atoms with Crippen LogP contribution in [-0.2, 0) is 16.0 Å². The van der Waals surface area contributed by atoms with Crippen LogP contribution in [0.1, 0.15) is 18.9 Å². The van der Waals surface area contributed by atoms with Crippen molar-refractivity contribution in [2.45, 2.75) is 25.9 Å². The Kier molecular flexibility index (Phi) is 4.79. The number of aliphatic hydroxyl groups excluding tert-OH is 1. The van der Waals surface area contributed by atoms with Crippen molar-refractivity contribution < 1.29 is 14.6 Å². The lowest BCUT2D eigenvalue weighted by Crippen LogP contribution is -2.13. The van der Waals surface area contributed by atoms with E-state index in [0.29, 0.717) is 12.1 Å². The van der Waals surface area contributed by atoms with Crippen LogP contribution in [0.5, 0.6) is 0 Å². The van der Waals surface area contributed by atoms with Crippen LogP contribution in [-0.4, -0.2) is 23.8 Å². The largest absolute Gasteiger partial charge is 0.465 e. The summed E-state index contributed by atoms with van der Waals surface area (Å²) >= 11 is 0. The van der Waals surface area contributed by atoms with Crippen LogP contribution in [0.15, 0.2) is 24.3 Å². The molecule has 88 valence electrons. The smallest absolute Gasteiger partial charge is 0.310 e. The Morgan fingerprint density at radius 1 is 1.50 bits per heavy atom. The lowest BCUT2D eigenvalue weighted by Gasteiger charge is -2.07. The van der Waals surface area contributed by atoms with Gasteiger partial charge in [0.2, 0.25) is 0 Å². The molecule has 16 heavy (non-hydrogen) atoms. The molecule has 3 N–H and O–H groups in total. The number of carbonyl (C=O) groups is 1. The average molecular weight is 223 g/mol. The van der Waals surface area contributed by atoms with E-state index in [1.54, 1.807) is 19.1 Å². The van der Waals surface area contributed by atoms with Crippen molar-refractivity contribution in [3.8, 4) is 0 Å². The number of rotatable bonds is 5. The monoisotopic (exact) mass is 223 g/mol. The van der Waals surface area contributed by atoms with E-state index in [1.165, 1.54) is 0 Å². The number of esters is 1. The van der Waals surface area contributed by atoms with Gasteiger partial charge in [0.1, 0.15) is 0 Å². The highest BCUT2D eigenvalue weighted by Crippen LogP contribution is 2.11. The zero-order chi connectivity index (χ0) is 12.0. The van der Waals surface area contributed by atoms with Gasteiger partial charge in [-0.05, 0) is 18.6 Å². The van der Waals surface area contributed by atoms with Gasteiger partial charge in [-0.2, -0.15) is 0 Å². The van der Waals surface area contributed by atoms with Crippen molar-refractivity contribution in [2.75, 3.05) is 12.3 Å². The highest BCUT2D eigenvalue weighted by Gasteiger charge is 2.07. The fourth-order valence-corrected chi connectivity index (χ4v) is 1.25. The molecule has 0 amide bonds. The number of nitrogen functional groups attached to an aromatic ring is 1. The molecule has 0 aliphatic heterocycles. The topological polar surface area (TPSA) is 72.5 Å². The van der Waals surface area contributed by atoms with E-state index in [9.17, 15) is 4.79 Å². The van der Waals surface area contributed by atoms with Crippen LogP contribution in [0.2, 0.25) is 0 Å². The van der Waals surface area contributed by atoms with Gasteiger partial charge in [0.15, 0.2) is 0 Å². The van der Waals surface area contributed by atoms with Gasteiger partial charge in [0.25, 0.3) is 0 Å². The van der Waals surface area contributed by atoms with Gasteiger partial charge in [-0.1, -0.05) is 18.2 Å². The second-order valence-electron chi connectivity index (χ2n) is 3.73. The molecule has 1 unspecified atom stereocenters. The molecule has 0 aliphatic rings. The molecule has 1 atom stereocenters. The molecule has 1 rings (SSSR count). The van der Waals surface area contributed by atoms with Gasteiger partial charge >= 0.3 is 5.97 Å². The van der Waals surface area contributed by atoms with E-state index in [-0.39, 0.29) is 19.0 Å². The molecule has 0 spiro atoms.